The summed E-state index contributed by atoms with van der Waals surface area (Å²) in [6.45, 7) is 0.297. The fourth-order valence-corrected chi connectivity index (χ4v) is 1.64. The second-order valence-corrected chi connectivity index (χ2v) is 3.93. The minimum absolute atomic E-state index is 0.193. The lowest BCUT2D eigenvalue weighted by Gasteiger charge is -2.03. The number of carbonyl (C=O) groups excluding carboxylic acids is 1. The number of benzene rings is 1. The number of aromatic nitrogens is 7. The molecule has 3 N–H and O–H groups in total. The highest BCUT2D eigenvalue weighted by atomic mass is 16.1. The highest BCUT2D eigenvalue weighted by molar-refractivity contribution is 5.94. The summed E-state index contributed by atoms with van der Waals surface area (Å²) in [5.41, 5.74) is 1.32. The lowest BCUT2D eigenvalue weighted by molar-refractivity contribution is 0.0950. The van der Waals surface area contributed by atoms with E-state index in [0.717, 1.165) is 5.56 Å². The van der Waals surface area contributed by atoms with Gasteiger partial charge in [0.25, 0.3) is 5.91 Å². The van der Waals surface area contributed by atoms with Gasteiger partial charge in [-0.2, -0.15) is 10.3 Å². The van der Waals surface area contributed by atoms with Crippen molar-refractivity contribution in [2.45, 2.75) is 6.54 Å². The van der Waals surface area contributed by atoms with Gasteiger partial charge in [-0.25, -0.2) is 4.98 Å². The molecule has 0 saturated carbocycles. The van der Waals surface area contributed by atoms with E-state index in [1.807, 2.05) is 0 Å². The Hall–Kier alpha value is -3.10. The number of H-pyrrole nitrogens is 2. The van der Waals surface area contributed by atoms with E-state index in [0.29, 0.717) is 23.8 Å². The Labute approximate surface area is 112 Å². The Morgan fingerprint density at radius 1 is 1.25 bits per heavy atom. The third-order valence-electron chi connectivity index (χ3n) is 2.63. The molecule has 0 atom stereocenters. The van der Waals surface area contributed by atoms with Crippen LogP contribution in [-0.2, 0) is 6.54 Å². The molecule has 0 aliphatic carbocycles. The van der Waals surface area contributed by atoms with Crippen LogP contribution in [-0.4, -0.2) is 41.7 Å². The summed E-state index contributed by atoms with van der Waals surface area (Å²) in [7, 11) is 0. The van der Waals surface area contributed by atoms with Crippen molar-refractivity contribution in [1.29, 1.82) is 0 Å². The zero-order valence-electron chi connectivity index (χ0n) is 10.2. The van der Waals surface area contributed by atoms with Gasteiger partial charge in [0, 0.05) is 11.1 Å². The lowest BCUT2D eigenvalue weighted by atomic mass is 10.1. The van der Waals surface area contributed by atoms with Crippen molar-refractivity contribution >= 4 is 5.91 Å². The van der Waals surface area contributed by atoms with Gasteiger partial charge >= 0.3 is 0 Å². The molecule has 9 nitrogen and oxygen atoms in total. The van der Waals surface area contributed by atoms with Gasteiger partial charge in [-0.05, 0) is 17.3 Å². The first-order chi connectivity index (χ1) is 9.83. The average Bonchev–Trinajstić information content (AvgIpc) is 3.18. The molecule has 0 aliphatic rings. The Balaban J connectivity index is 1.66. The molecule has 100 valence electrons. The standard InChI is InChI=1S/C11H10N8O/c20-11(12-5-9-13-6-14-15-9)8-3-1-7(2-4-8)10-16-18-19-17-10/h1-4,6H,5H2,(H,12,20)(H,13,14,15)(H,16,17,18,19). The number of carbonyl (C=O) groups is 1. The predicted octanol–water partition coefficient (Wildman–Crippen LogP) is -0.0852. The quantitative estimate of drug-likeness (QED) is 0.608. The van der Waals surface area contributed by atoms with E-state index in [1.165, 1.54) is 6.33 Å². The van der Waals surface area contributed by atoms with E-state index in [9.17, 15) is 4.79 Å². The topological polar surface area (TPSA) is 125 Å². The molecule has 0 saturated heterocycles. The third kappa shape index (κ3) is 2.51. The highest BCUT2D eigenvalue weighted by Crippen LogP contribution is 2.13. The van der Waals surface area contributed by atoms with E-state index in [4.69, 9.17) is 0 Å². The molecular weight excluding hydrogens is 260 g/mol. The van der Waals surface area contributed by atoms with E-state index < -0.39 is 0 Å². The largest absolute Gasteiger partial charge is 0.345 e. The van der Waals surface area contributed by atoms with Crippen LogP contribution in [0, 0.1) is 0 Å². The van der Waals surface area contributed by atoms with Gasteiger partial charge in [-0.15, -0.1) is 10.2 Å². The second-order valence-electron chi connectivity index (χ2n) is 3.93. The minimum Gasteiger partial charge on any atom is -0.345 e. The monoisotopic (exact) mass is 270 g/mol. The van der Waals surface area contributed by atoms with Gasteiger partial charge in [0.15, 0.2) is 0 Å². The van der Waals surface area contributed by atoms with Crippen LogP contribution in [0.5, 0.6) is 0 Å². The lowest BCUT2D eigenvalue weighted by Crippen LogP contribution is -2.23. The van der Waals surface area contributed by atoms with Gasteiger partial charge in [-0.1, -0.05) is 12.1 Å². The van der Waals surface area contributed by atoms with Crippen LogP contribution in [0.4, 0.5) is 0 Å². The van der Waals surface area contributed by atoms with Crippen LogP contribution >= 0.6 is 0 Å². The first-order valence-electron chi connectivity index (χ1n) is 5.79. The van der Waals surface area contributed by atoms with Crippen molar-refractivity contribution < 1.29 is 4.79 Å². The molecule has 20 heavy (non-hydrogen) atoms. The molecule has 1 aromatic carbocycles. The summed E-state index contributed by atoms with van der Waals surface area (Å²) >= 11 is 0. The van der Waals surface area contributed by atoms with Gasteiger partial charge in [0.05, 0.1) is 6.54 Å². The van der Waals surface area contributed by atoms with E-state index >= 15 is 0 Å². The molecular formula is C11H10N8O. The number of tetrazole rings is 1. The van der Waals surface area contributed by atoms with Crippen LogP contribution in [0.15, 0.2) is 30.6 Å². The maximum atomic E-state index is 11.9. The van der Waals surface area contributed by atoms with Crippen molar-refractivity contribution in [3.63, 3.8) is 0 Å². The molecule has 3 aromatic rings. The summed E-state index contributed by atoms with van der Waals surface area (Å²) in [6.07, 6.45) is 1.39. The molecule has 0 fully saturated rings. The van der Waals surface area contributed by atoms with Crippen LogP contribution < -0.4 is 5.32 Å². The van der Waals surface area contributed by atoms with Crippen LogP contribution in [0.1, 0.15) is 16.2 Å². The van der Waals surface area contributed by atoms with Gasteiger partial charge in [-0.3, -0.25) is 9.89 Å². The zero-order chi connectivity index (χ0) is 13.8. The van der Waals surface area contributed by atoms with Crippen molar-refractivity contribution in [3.05, 3.63) is 42.0 Å². The molecule has 2 aromatic heterocycles. The molecule has 0 radical (unpaired) electrons. The van der Waals surface area contributed by atoms with Crippen molar-refractivity contribution in [2.24, 2.45) is 0 Å². The van der Waals surface area contributed by atoms with Crippen molar-refractivity contribution in [2.75, 3.05) is 0 Å². The van der Waals surface area contributed by atoms with Crippen LogP contribution in [0.2, 0.25) is 0 Å². The first kappa shape index (κ1) is 12.0. The molecule has 0 aliphatic heterocycles. The fourth-order valence-electron chi connectivity index (χ4n) is 1.64. The predicted molar refractivity (Wildman–Crippen MR) is 67.2 cm³/mol. The van der Waals surface area contributed by atoms with Crippen LogP contribution in [0.3, 0.4) is 0 Å². The van der Waals surface area contributed by atoms with Gasteiger partial charge in [0.2, 0.25) is 5.82 Å². The zero-order valence-corrected chi connectivity index (χ0v) is 10.2. The summed E-state index contributed by atoms with van der Waals surface area (Å²) in [6, 6.07) is 6.91. The number of rotatable bonds is 4. The number of amides is 1. The summed E-state index contributed by atoms with van der Waals surface area (Å²) in [5.74, 6) is 0.890. The van der Waals surface area contributed by atoms with Crippen molar-refractivity contribution in [1.82, 2.24) is 41.1 Å². The van der Waals surface area contributed by atoms with Gasteiger partial charge in [0.1, 0.15) is 12.2 Å². The maximum Gasteiger partial charge on any atom is 0.251 e. The van der Waals surface area contributed by atoms with Crippen molar-refractivity contribution in [3.8, 4) is 11.4 Å². The van der Waals surface area contributed by atoms with Gasteiger partial charge < -0.3 is 5.32 Å². The molecule has 0 spiro atoms. The number of aromatic amines is 2. The third-order valence-corrected chi connectivity index (χ3v) is 2.63. The minimum atomic E-state index is -0.193. The Morgan fingerprint density at radius 3 is 2.75 bits per heavy atom. The normalized spacial score (nSPS) is 10.4. The maximum absolute atomic E-state index is 11.9. The van der Waals surface area contributed by atoms with Crippen LogP contribution in [0.25, 0.3) is 11.4 Å². The average molecular weight is 270 g/mol. The Kier molecular flexibility index (Phi) is 3.15. The molecule has 9 heteroatoms. The molecule has 0 bridgehead atoms. The smallest absolute Gasteiger partial charge is 0.251 e. The molecule has 2 heterocycles. The highest BCUT2D eigenvalue weighted by Gasteiger charge is 2.08. The number of hydrogen-bond donors (Lipinski definition) is 3. The number of hydrogen-bond acceptors (Lipinski definition) is 6. The van der Waals surface area contributed by atoms with E-state index in [1.54, 1.807) is 24.3 Å². The molecule has 3 rings (SSSR count). The summed E-state index contributed by atoms with van der Waals surface area (Å²) in [5, 5.41) is 22.7. The second kappa shape index (κ2) is 5.26. The van der Waals surface area contributed by atoms with E-state index in [2.05, 4.69) is 41.1 Å². The van der Waals surface area contributed by atoms with E-state index in [-0.39, 0.29) is 5.91 Å². The molecule has 1 amide bonds. The molecule has 0 unspecified atom stereocenters. The Bertz CT molecular complexity index is 674. The summed E-state index contributed by atoms with van der Waals surface area (Å²) in [4.78, 5) is 15.8. The number of nitrogens with one attached hydrogen (secondary N) is 3. The first-order valence-corrected chi connectivity index (χ1v) is 5.79. The SMILES string of the molecule is O=C(NCc1ncn[nH]1)c1ccc(-c2nn[nH]n2)cc1. The number of nitrogens with zero attached hydrogens (tertiary/aromatic N) is 5. The summed E-state index contributed by atoms with van der Waals surface area (Å²) < 4.78 is 0. The fraction of sp³-hybridized carbons (Fsp3) is 0.0909. The Morgan fingerprint density at radius 2 is 2.10 bits per heavy atom.